The number of ether oxygens (including phenoxy) is 2. The molecule has 2 aliphatic heterocycles. The largest absolute Gasteiger partial charge is 0.469 e. The van der Waals surface area contributed by atoms with Gasteiger partial charge in [-0.05, 0) is 19.4 Å². The number of rotatable bonds is 5. The minimum Gasteiger partial charge on any atom is -0.343 e. The zero-order valence-electron chi connectivity index (χ0n) is 13.2. The monoisotopic (exact) mass is 343 g/mol. The SMILES string of the molecule is CC1(C)O[C@H]2[C@@H](COP(=O)(O)O)N(Cc3ccccc3)C[C@H]2O1. The van der Waals surface area contributed by atoms with Gasteiger partial charge in [0, 0.05) is 13.1 Å². The van der Waals surface area contributed by atoms with Gasteiger partial charge in [0.1, 0.15) is 12.2 Å². The number of fused-ring (bicyclic) bond motifs is 1. The average Bonchev–Trinajstić information content (AvgIpc) is 2.88. The molecule has 2 aliphatic rings. The fraction of sp³-hybridized carbons (Fsp3) is 0.600. The predicted molar refractivity (Wildman–Crippen MR) is 82.5 cm³/mol. The molecular weight excluding hydrogens is 321 g/mol. The van der Waals surface area contributed by atoms with Crippen LogP contribution in [0.2, 0.25) is 0 Å². The molecule has 8 heteroatoms. The molecule has 2 N–H and O–H groups in total. The standard InChI is InChI=1S/C15H22NO6P/c1-15(2)21-13-9-16(8-11-6-4-3-5-7-11)12(14(13)22-15)10-20-23(17,18)19/h3-7,12-14H,8-10H2,1-2H3,(H2,17,18,19)/t12-,13-,14+/m1/s1. The highest BCUT2D eigenvalue weighted by Crippen LogP contribution is 2.41. The van der Waals surface area contributed by atoms with Gasteiger partial charge in [-0.2, -0.15) is 0 Å². The van der Waals surface area contributed by atoms with E-state index >= 15 is 0 Å². The molecule has 23 heavy (non-hydrogen) atoms. The lowest BCUT2D eigenvalue weighted by Crippen LogP contribution is -2.41. The number of hydrogen-bond acceptors (Lipinski definition) is 5. The van der Waals surface area contributed by atoms with Crippen LogP contribution in [0.3, 0.4) is 0 Å². The second kappa shape index (κ2) is 6.26. The summed E-state index contributed by atoms with van der Waals surface area (Å²) in [5.74, 6) is -0.686. The van der Waals surface area contributed by atoms with Crippen molar-refractivity contribution in [3.63, 3.8) is 0 Å². The molecular formula is C15H22NO6P. The molecule has 3 atom stereocenters. The van der Waals surface area contributed by atoms with Gasteiger partial charge in [0.05, 0.1) is 12.6 Å². The van der Waals surface area contributed by atoms with Gasteiger partial charge in [-0.3, -0.25) is 9.42 Å². The highest BCUT2D eigenvalue weighted by Gasteiger charge is 2.52. The highest BCUT2D eigenvalue weighted by molar-refractivity contribution is 7.46. The minimum absolute atomic E-state index is 0.0995. The van der Waals surface area contributed by atoms with Gasteiger partial charge in [0.2, 0.25) is 0 Å². The predicted octanol–water partition coefficient (Wildman–Crippen LogP) is 1.50. The Morgan fingerprint density at radius 3 is 2.65 bits per heavy atom. The Balaban J connectivity index is 1.74. The zero-order valence-corrected chi connectivity index (χ0v) is 14.1. The number of phosphoric acid groups is 1. The van der Waals surface area contributed by atoms with E-state index in [1.54, 1.807) is 0 Å². The smallest absolute Gasteiger partial charge is 0.343 e. The summed E-state index contributed by atoms with van der Waals surface area (Å²) in [4.78, 5) is 20.1. The van der Waals surface area contributed by atoms with Gasteiger partial charge in [0.25, 0.3) is 0 Å². The molecule has 0 radical (unpaired) electrons. The molecule has 0 aliphatic carbocycles. The van der Waals surface area contributed by atoms with E-state index in [1.165, 1.54) is 0 Å². The van der Waals surface area contributed by atoms with Crippen molar-refractivity contribution in [2.24, 2.45) is 0 Å². The van der Waals surface area contributed by atoms with Crippen LogP contribution >= 0.6 is 7.82 Å². The Kier molecular flexibility index (Phi) is 4.64. The molecule has 3 rings (SSSR count). The maximum Gasteiger partial charge on any atom is 0.469 e. The molecule has 0 spiro atoms. The van der Waals surface area contributed by atoms with Crippen molar-refractivity contribution in [2.45, 2.75) is 44.4 Å². The van der Waals surface area contributed by atoms with Gasteiger partial charge in [-0.25, -0.2) is 4.57 Å². The summed E-state index contributed by atoms with van der Waals surface area (Å²) in [6, 6.07) is 9.63. The van der Waals surface area contributed by atoms with Crippen LogP contribution in [0.4, 0.5) is 0 Å². The highest BCUT2D eigenvalue weighted by atomic mass is 31.2. The summed E-state index contributed by atoms with van der Waals surface area (Å²) in [6.45, 7) is 4.87. The summed E-state index contributed by atoms with van der Waals surface area (Å²) in [5, 5.41) is 0. The third kappa shape index (κ3) is 4.19. The van der Waals surface area contributed by atoms with Crippen molar-refractivity contribution in [2.75, 3.05) is 13.2 Å². The third-order valence-corrected chi connectivity index (χ3v) is 4.61. The third-order valence-electron chi connectivity index (χ3n) is 4.13. The number of likely N-dealkylation sites (tertiary alicyclic amines) is 1. The Bertz CT molecular complexity index is 589. The minimum atomic E-state index is -4.52. The quantitative estimate of drug-likeness (QED) is 0.783. The van der Waals surface area contributed by atoms with Crippen LogP contribution in [-0.2, 0) is 25.1 Å². The van der Waals surface area contributed by atoms with E-state index in [2.05, 4.69) is 4.90 Å². The van der Waals surface area contributed by atoms with Crippen molar-refractivity contribution in [1.29, 1.82) is 0 Å². The lowest BCUT2D eigenvalue weighted by atomic mass is 10.1. The molecule has 7 nitrogen and oxygen atoms in total. The molecule has 2 heterocycles. The van der Waals surface area contributed by atoms with Crippen LogP contribution in [0.1, 0.15) is 19.4 Å². The van der Waals surface area contributed by atoms with Crippen LogP contribution in [-0.4, -0.2) is 51.9 Å². The van der Waals surface area contributed by atoms with Gasteiger partial charge >= 0.3 is 7.82 Å². The van der Waals surface area contributed by atoms with Crippen LogP contribution in [0.5, 0.6) is 0 Å². The van der Waals surface area contributed by atoms with E-state index in [0.717, 1.165) is 5.56 Å². The maximum atomic E-state index is 11.1. The van der Waals surface area contributed by atoms with Crippen molar-refractivity contribution in [3.8, 4) is 0 Å². The number of phosphoric ester groups is 1. The van der Waals surface area contributed by atoms with E-state index < -0.39 is 13.6 Å². The van der Waals surface area contributed by atoms with E-state index in [0.29, 0.717) is 13.1 Å². The molecule has 1 aromatic rings. The summed E-state index contributed by atoms with van der Waals surface area (Å²) >= 11 is 0. The number of hydrogen-bond donors (Lipinski definition) is 2. The first-order valence-electron chi connectivity index (χ1n) is 7.57. The normalized spacial score (nSPS) is 30.5. The van der Waals surface area contributed by atoms with Crippen molar-refractivity contribution < 1.29 is 28.3 Å². The van der Waals surface area contributed by atoms with Gasteiger partial charge in [-0.15, -0.1) is 0 Å². The second-order valence-corrected chi connectivity index (χ2v) is 7.65. The summed E-state index contributed by atoms with van der Waals surface area (Å²) in [5.41, 5.74) is 1.12. The zero-order chi connectivity index (χ0) is 16.7. The molecule has 1 aromatic carbocycles. The van der Waals surface area contributed by atoms with Crippen molar-refractivity contribution in [1.82, 2.24) is 4.90 Å². The summed E-state index contributed by atoms with van der Waals surface area (Å²) in [7, 11) is -4.52. The fourth-order valence-electron chi connectivity index (χ4n) is 3.28. The van der Waals surface area contributed by atoms with Crippen LogP contribution in [0.25, 0.3) is 0 Å². The molecule has 0 saturated carbocycles. The molecule has 0 bridgehead atoms. The molecule has 0 unspecified atom stereocenters. The van der Waals surface area contributed by atoms with E-state index in [1.807, 2.05) is 44.2 Å². The van der Waals surface area contributed by atoms with Crippen molar-refractivity contribution in [3.05, 3.63) is 35.9 Å². The first-order valence-corrected chi connectivity index (χ1v) is 9.10. The fourth-order valence-corrected chi connectivity index (χ4v) is 3.63. The molecule has 0 aromatic heterocycles. The lowest BCUT2D eigenvalue weighted by molar-refractivity contribution is -0.163. The van der Waals surface area contributed by atoms with E-state index in [9.17, 15) is 4.57 Å². The molecule has 128 valence electrons. The molecule has 2 saturated heterocycles. The Labute approximate surface area is 135 Å². The van der Waals surface area contributed by atoms with Crippen LogP contribution < -0.4 is 0 Å². The van der Waals surface area contributed by atoms with Crippen LogP contribution in [0.15, 0.2) is 30.3 Å². The number of benzene rings is 1. The summed E-state index contributed by atoms with van der Waals surface area (Å²) in [6.07, 6.45) is -0.389. The summed E-state index contributed by atoms with van der Waals surface area (Å²) < 4.78 is 27.6. The van der Waals surface area contributed by atoms with Gasteiger partial charge in [-0.1, -0.05) is 30.3 Å². The maximum absolute atomic E-state index is 11.1. The Morgan fingerprint density at radius 1 is 1.30 bits per heavy atom. The topological polar surface area (TPSA) is 88.5 Å². The Hall–Kier alpha value is -0.790. The number of nitrogens with zero attached hydrogens (tertiary/aromatic N) is 1. The van der Waals surface area contributed by atoms with E-state index in [4.69, 9.17) is 23.8 Å². The Morgan fingerprint density at radius 2 is 2.00 bits per heavy atom. The molecule has 2 fully saturated rings. The van der Waals surface area contributed by atoms with Crippen LogP contribution in [0, 0.1) is 0 Å². The molecule has 0 amide bonds. The first kappa shape index (κ1) is 17.0. The van der Waals surface area contributed by atoms with Gasteiger partial charge in [0.15, 0.2) is 5.79 Å². The average molecular weight is 343 g/mol. The van der Waals surface area contributed by atoms with E-state index in [-0.39, 0.29) is 24.9 Å². The second-order valence-electron chi connectivity index (χ2n) is 6.41. The lowest BCUT2D eigenvalue weighted by Gasteiger charge is -2.29. The van der Waals surface area contributed by atoms with Crippen molar-refractivity contribution >= 4 is 7.82 Å². The van der Waals surface area contributed by atoms with Gasteiger partial charge < -0.3 is 19.3 Å². The first-order chi connectivity index (χ1) is 10.7.